The van der Waals surface area contributed by atoms with Gasteiger partial charge in [0.1, 0.15) is 0 Å². The van der Waals surface area contributed by atoms with Crippen molar-refractivity contribution in [2.75, 3.05) is 0 Å². The minimum absolute atomic E-state index is 0.324. The van der Waals surface area contributed by atoms with Crippen molar-refractivity contribution in [2.24, 2.45) is 0 Å². The molecule has 1 aliphatic heterocycles. The molecule has 0 saturated carbocycles. The molecular weight excluding hydrogens is 235 g/mol. The van der Waals surface area contributed by atoms with Crippen LogP contribution in [0.4, 0.5) is 0 Å². The molecule has 1 aromatic carbocycles. The first-order valence-electron chi connectivity index (χ1n) is 6.49. The maximum absolute atomic E-state index is 5.79. The van der Waals surface area contributed by atoms with E-state index >= 15 is 0 Å². The number of hydrogen-bond donors (Lipinski definition) is 0. The van der Waals surface area contributed by atoms with Gasteiger partial charge in [0.15, 0.2) is 0 Å². The zero-order chi connectivity index (χ0) is 13.9. The molecule has 2 rings (SSSR count). The SMILES string of the molecule is CC1(C)OB(C#C/C=C/c2ccccc2)OC1(C)C. The van der Waals surface area contributed by atoms with E-state index in [1.807, 2.05) is 70.2 Å². The van der Waals surface area contributed by atoms with E-state index in [9.17, 15) is 0 Å². The molecule has 0 atom stereocenters. The first-order chi connectivity index (χ1) is 8.91. The summed E-state index contributed by atoms with van der Waals surface area (Å²) in [4.78, 5) is 0. The van der Waals surface area contributed by atoms with Crippen LogP contribution in [-0.4, -0.2) is 18.3 Å². The molecule has 19 heavy (non-hydrogen) atoms. The average molecular weight is 254 g/mol. The first-order valence-corrected chi connectivity index (χ1v) is 6.49. The summed E-state index contributed by atoms with van der Waals surface area (Å²) in [5, 5.41) is 0. The van der Waals surface area contributed by atoms with E-state index in [1.165, 1.54) is 0 Å². The van der Waals surface area contributed by atoms with Crippen LogP contribution >= 0.6 is 0 Å². The maximum Gasteiger partial charge on any atom is 0.551 e. The Kier molecular flexibility index (Phi) is 3.84. The molecule has 0 bridgehead atoms. The van der Waals surface area contributed by atoms with Crippen LogP contribution in [-0.2, 0) is 9.31 Å². The highest BCUT2D eigenvalue weighted by molar-refractivity contribution is 6.55. The Bertz CT molecular complexity index is 505. The maximum atomic E-state index is 5.79. The lowest BCUT2D eigenvalue weighted by Crippen LogP contribution is -2.41. The van der Waals surface area contributed by atoms with Crippen LogP contribution in [0.1, 0.15) is 33.3 Å². The van der Waals surface area contributed by atoms with Gasteiger partial charge in [0.25, 0.3) is 0 Å². The highest BCUT2D eigenvalue weighted by Crippen LogP contribution is 2.36. The van der Waals surface area contributed by atoms with Gasteiger partial charge in [0.05, 0.1) is 11.2 Å². The molecule has 1 aliphatic rings. The van der Waals surface area contributed by atoms with Crippen molar-refractivity contribution in [3.8, 4) is 11.7 Å². The Morgan fingerprint density at radius 3 is 2.16 bits per heavy atom. The van der Waals surface area contributed by atoms with E-state index < -0.39 is 7.12 Å². The number of rotatable bonds is 1. The molecule has 1 saturated heterocycles. The zero-order valence-corrected chi connectivity index (χ0v) is 11.9. The predicted octanol–water partition coefficient (Wildman–Crippen LogP) is 3.33. The van der Waals surface area contributed by atoms with Crippen LogP contribution in [0.5, 0.6) is 0 Å². The summed E-state index contributed by atoms with van der Waals surface area (Å²) in [6, 6.07) is 10.1. The molecule has 1 heterocycles. The monoisotopic (exact) mass is 254 g/mol. The lowest BCUT2D eigenvalue weighted by molar-refractivity contribution is 0.00578. The van der Waals surface area contributed by atoms with Crippen molar-refractivity contribution in [2.45, 2.75) is 38.9 Å². The van der Waals surface area contributed by atoms with Gasteiger partial charge in [-0.3, -0.25) is 0 Å². The van der Waals surface area contributed by atoms with Crippen molar-refractivity contribution < 1.29 is 9.31 Å². The second kappa shape index (κ2) is 5.24. The molecule has 0 aromatic heterocycles. The summed E-state index contributed by atoms with van der Waals surface area (Å²) in [5.74, 6) is 5.95. The molecule has 0 unspecified atom stereocenters. The molecule has 0 spiro atoms. The van der Waals surface area contributed by atoms with Crippen molar-refractivity contribution >= 4 is 13.2 Å². The van der Waals surface area contributed by atoms with Gasteiger partial charge in [-0.15, -0.1) is 0 Å². The van der Waals surface area contributed by atoms with E-state index in [1.54, 1.807) is 0 Å². The molecule has 0 N–H and O–H groups in total. The molecule has 3 heteroatoms. The summed E-state index contributed by atoms with van der Waals surface area (Å²) in [5.41, 5.74) is 0.482. The van der Waals surface area contributed by atoms with Crippen molar-refractivity contribution in [3.05, 3.63) is 42.0 Å². The molecule has 0 amide bonds. The van der Waals surface area contributed by atoms with Crippen LogP contribution in [0.2, 0.25) is 0 Å². The first kappa shape index (κ1) is 13.9. The fourth-order valence-electron chi connectivity index (χ4n) is 1.72. The largest absolute Gasteiger partial charge is 0.551 e. The van der Waals surface area contributed by atoms with Gasteiger partial charge in [-0.25, -0.2) is 0 Å². The van der Waals surface area contributed by atoms with Gasteiger partial charge < -0.3 is 9.31 Å². The van der Waals surface area contributed by atoms with Gasteiger partial charge in [-0.05, 0) is 45.4 Å². The summed E-state index contributed by atoms with van der Waals surface area (Å²) in [6.07, 6.45) is 3.79. The second-order valence-electron chi connectivity index (χ2n) is 5.62. The van der Waals surface area contributed by atoms with Crippen LogP contribution in [0, 0.1) is 11.7 Å². The third-order valence-corrected chi connectivity index (χ3v) is 3.61. The van der Waals surface area contributed by atoms with Crippen LogP contribution in [0.15, 0.2) is 36.4 Å². The Morgan fingerprint density at radius 2 is 1.58 bits per heavy atom. The van der Waals surface area contributed by atoms with E-state index in [0.717, 1.165) is 5.56 Å². The predicted molar refractivity (Wildman–Crippen MR) is 79.3 cm³/mol. The van der Waals surface area contributed by atoms with Crippen LogP contribution in [0.3, 0.4) is 0 Å². The van der Waals surface area contributed by atoms with Gasteiger partial charge in [0, 0.05) is 0 Å². The Morgan fingerprint density at radius 1 is 1.00 bits per heavy atom. The standard InChI is InChI=1S/C16H19BO2/c1-15(2)16(3,4)19-17(18-15)13-9-8-12-14-10-6-5-7-11-14/h5-8,10-12H,1-4H3/b12-8+. The van der Waals surface area contributed by atoms with E-state index in [4.69, 9.17) is 9.31 Å². The molecule has 1 fully saturated rings. The fourth-order valence-corrected chi connectivity index (χ4v) is 1.72. The highest BCUT2D eigenvalue weighted by Gasteiger charge is 2.50. The van der Waals surface area contributed by atoms with Crippen LogP contribution < -0.4 is 0 Å². The van der Waals surface area contributed by atoms with Crippen LogP contribution in [0.25, 0.3) is 6.08 Å². The summed E-state index contributed by atoms with van der Waals surface area (Å²) >= 11 is 0. The van der Waals surface area contributed by atoms with Crippen molar-refractivity contribution in [1.29, 1.82) is 0 Å². The topological polar surface area (TPSA) is 18.5 Å². The van der Waals surface area contributed by atoms with E-state index in [2.05, 4.69) is 11.7 Å². The minimum Gasteiger partial charge on any atom is -0.392 e. The Labute approximate surface area is 116 Å². The zero-order valence-electron chi connectivity index (χ0n) is 11.9. The summed E-state index contributed by atoms with van der Waals surface area (Å²) in [7, 11) is -0.453. The molecule has 1 aromatic rings. The van der Waals surface area contributed by atoms with Gasteiger partial charge in [-0.1, -0.05) is 42.1 Å². The third-order valence-electron chi connectivity index (χ3n) is 3.61. The van der Waals surface area contributed by atoms with Crippen molar-refractivity contribution in [1.82, 2.24) is 0 Å². The Balaban J connectivity index is 1.98. The number of allylic oxidation sites excluding steroid dienone is 1. The summed E-state index contributed by atoms with van der Waals surface area (Å²) < 4.78 is 11.6. The lowest BCUT2D eigenvalue weighted by Gasteiger charge is -2.32. The fraction of sp³-hybridized carbons (Fsp3) is 0.375. The minimum atomic E-state index is -0.453. The van der Waals surface area contributed by atoms with Crippen molar-refractivity contribution in [3.63, 3.8) is 0 Å². The quantitative estimate of drug-likeness (QED) is 0.565. The number of benzene rings is 1. The average Bonchev–Trinajstić information content (AvgIpc) is 2.55. The normalized spacial score (nSPS) is 20.3. The number of hydrogen-bond acceptors (Lipinski definition) is 2. The molecule has 0 radical (unpaired) electrons. The smallest absolute Gasteiger partial charge is 0.392 e. The molecular formula is C16H19BO2. The van der Waals surface area contributed by atoms with E-state index in [0.29, 0.717) is 0 Å². The van der Waals surface area contributed by atoms with Gasteiger partial charge in [-0.2, -0.15) is 0 Å². The van der Waals surface area contributed by atoms with Gasteiger partial charge >= 0.3 is 7.12 Å². The molecule has 0 aliphatic carbocycles. The Hall–Kier alpha value is -1.50. The lowest BCUT2D eigenvalue weighted by atomic mass is 9.90. The van der Waals surface area contributed by atoms with Gasteiger partial charge in [0.2, 0.25) is 0 Å². The molecule has 2 nitrogen and oxygen atoms in total. The van der Waals surface area contributed by atoms with E-state index in [-0.39, 0.29) is 11.2 Å². The highest BCUT2D eigenvalue weighted by atomic mass is 16.7. The molecule has 98 valence electrons. The third kappa shape index (κ3) is 3.29. The second-order valence-corrected chi connectivity index (χ2v) is 5.62. The summed E-state index contributed by atoms with van der Waals surface area (Å²) in [6.45, 7) is 8.09.